The summed E-state index contributed by atoms with van der Waals surface area (Å²) in [6.07, 6.45) is 0. The quantitative estimate of drug-likeness (QED) is 0.593. The number of rotatable bonds is 6. The minimum Gasteiger partial charge on any atom is -0.378 e. The van der Waals surface area contributed by atoms with Crippen LogP contribution >= 0.6 is 0 Å². The molecule has 0 aliphatic carbocycles. The van der Waals surface area contributed by atoms with Gasteiger partial charge >= 0.3 is 5.69 Å². The Balaban J connectivity index is 1.83. The number of nitrogen functional groups attached to an aromatic ring is 1. The van der Waals surface area contributed by atoms with Crippen LogP contribution in [0.3, 0.4) is 0 Å². The molecule has 9 heteroatoms. The average molecular weight is 357 g/mol. The maximum Gasteiger partial charge on any atom is 0.353 e. The van der Waals surface area contributed by atoms with E-state index in [2.05, 4.69) is 27.1 Å². The van der Waals surface area contributed by atoms with E-state index in [1.54, 1.807) is 0 Å². The van der Waals surface area contributed by atoms with Gasteiger partial charge in [0.15, 0.2) is 0 Å². The van der Waals surface area contributed by atoms with Crippen molar-refractivity contribution in [1.29, 1.82) is 0 Å². The van der Waals surface area contributed by atoms with E-state index in [0.29, 0.717) is 12.5 Å². The molecular formula is C17H23N7O2. The molecule has 0 spiro atoms. The monoisotopic (exact) mass is 357 g/mol. The Morgan fingerprint density at radius 1 is 1.19 bits per heavy atom. The van der Waals surface area contributed by atoms with E-state index in [4.69, 9.17) is 5.73 Å². The maximum absolute atomic E-state index is 11.4. The Morgan fingerprint density at radius 2 is 1.88 bits per heavy atom. The summed E-state index contributed by atoms with van der Waals surface area (Å²) in [5.74, 6) is 0.465. The van der Waals surface area contributed by atoms with Gasteiger partial charge in [-0.3, -0.25) is 10.1 Å². The average Bonchev–Trinajstić information content (AvgIpc) is 2.66. The second kappa shape index (κ2) is 7.96. The zero-order chi connectivity index (χ0) is 18.5. The molecule has 1 aliphatic rings. The number of aromatic nitrogens is 2. The molecule has 0 saturated carbocycles. The van der Waals surface area contributed by atoms with Crippen molar-refractivity contribution < 1.29 is 4.92 Å². The molecule has 9 nitrogen and oxygen atoms in total. The largest absolute Gasteiger partial charge is 0.378 e. The molecule has 1 aromatic carbocycles. The molecule has 1 aromatic heterocycles. The van der Waals surface area contributed by atoms with Gasteiger partial charge in [0.2, 0.25) is 17.6 Å². The third-order valence-corrected chi connectivity index (χ3v) is 4.49. The van der Waals surface area contributed by atoms with Crippen molar-refractivity contribution in [3.63, 3.8) is 0 Å². The third kappa shape index (κ3) is 3.99. The fourth-order valence-electron chi connectivity index (χ4n) is 2.95. The Kier molecular flexibility index (Phi) is 5.47. The topological polar surface area (TPSA) is 113 Å². The fourth-order valence-corrected chi connectivity index (χ4v) is 2.95. The summed E-state index contributed by atoms with van der Waals surface area (Å²) in [5.41, 5.74) is 6.60. The summed E-state index contributed by atoms with van der Waals surface area (Å²) in [7, 11) is 0. The van der Waals surface area contributed by atoms with Crippen molar-refractivity contribution >= 4 is 23.3 Å². The van der Waals surface area contributed by atoms with Crippen molar-refractivity contribution in [1.82, 2.24) is 14.9 Å². The highest BCUT2D eigenvalue weighted by molar-refractivity contribution is 5.70. The predicted molar refractivity (Wildman–Crippen MR) is 101 cm³/mol. The number of anilines is 3. The zero-order valence-corrected chi connectivity index (χ0v) is 14.8. The molecule has 0 unspecified atom stereocenters. The van der Waals surface area contributed by atoms with Gasteiger partial charge in [-0.15, -0.1) is 0 Å². The number of hydrogen-bond donors (Lipinski definition) is 2. The highest BCUT2D eigenvalue weighted by atomic mass is 16.6. The molecule has 0 bridgehead atoms. The van der Waals surface area contributed by atoms with E-state index in [1.807, 2.05) is 35.2 Å². The number of hydrogen-bond acceptors (Lipinski definition) is 8. The number of benzene rings is 1. The lowest BCUT2D eigenvalue weighted by Gasteiger charge is -2.34. The van der Waals surface area contributed by atoms with Gasteiger partial charge in [0.25, 0.3) is 0 Å². The molecule has 2 aromatic rings. The lowest BCUT2D eigenvalue weighted by Crippen LogP contribution is -2.46. The fraction of sp³-hybridized carbons (Fsp3) is 0.412. The standard InChI is InChI=1S/C17H23N7O2/c1-2-22-8-10-23(11-9-22)17-20-15(18)14(24(25)26)16(21-17)19-12-13-6-4-3-5-7-13/h3-7H,2,8-12H2,1H3,(H3,18,19,20,21). The second-order valence-corrected chi connectivity index (χ2v) is 6.12. The molecule has 3 rings (SSSR count). The summed E-state index contributed by atoms with van der Waals surface area (Å²) in [6.45, 7) is 6.89. The molecule has 0 amide bonds. The summed E-state index contributed by atoms with van der Waals surface area (Å²) in [5, 5.41) is 14.4. The first-order valence-corrected chi connectivity index (χ1v) is 8.65. The number of nitrogens with two attached hydrogens (primary N) is 1. The van der Waals surface area contributed by atoms with Gasteiger partial charge in [0, 0.05) is 32.7 Å². The Bertz CT molecular complexity index is 761. The summed E-state index contributed by atoms with van der Waals surface area (Å²) in [6, 6.07) is 9.63. The van der Waals surface area contributed by atoms with Gasteiger partial charge in [-0.1, -0.05) is 37.3 Å². The molecule has 26 heavy (non-hydrogen) atoms. The normalized spacial score (nSPS) is 15.0. The van der Waals surface area contributed by atoms with Gasteiger partial charge in [0.1, 0.15) is 0 Å². The van der Waals surface area contributed by atoms with E-state index in [1.165, 1.54) is 0 Å². The molecule has 0 atom stereocenters. The third-order valence-electron chi connectivity index (χ3n) is 4.49. The molecular weight excluding hydrogens is 334 g/mol. The second-order valence-electron chi connectivity index (χ2n) is 6.12. The Labute approximate surface area is 152 Å². The van der Waals surface area contributed by atoms with Crippen LogP contribution in [0.2, 0.25) is 0 Å². The van der Waals surface area contributed by atoms with E-state index in [9.17, 15) is 10.1 Å². The minimum atomic E-state index is -0.540. The SMILES string of the molecule is CCN1CCN(c2nc(N)c([N+](=O)[O-])c(NCc3ccccc3)n2)CC1. The van der Waals surface area contributed by atoms with Crippen molar-refractivity contribution in [3.8, 4) is 0 Å². The van der Waals surface area contributed by atoms with Gasteiger partial charge in [0.05, 0.1) is 4.92 Å². The lowest BCUT2D eigenvalue weighted by molar-refractivity contribution is -0.383. The molecule has 1 saturated heterocycles. The number of nitrogens with one attached hydrogen (secondary N) is 1. The van der Waals surface area contributed by atoms with Crippen molar-refractivity contribution in [2.24, 2.45) is 0 Å². The first-order chi connectivity index (χ1) is 12.6. The van der Waals surface area contributed by atoms with E-state index >= 15 is 0 Å². The van der Waals surface area contributed by atoms with Crippen molar-refractivity contribution in [3.05, 3.63) is 46.0 Å². The highest BCUT2D eigenvalue weighted by Gasteiger charge is 2.26. The molecule has 2 heterocycles. The molecule has 3 N–H and O–H groups in total. The van der Waals surface area contributed by atoms with E-state index in [0.717, 1.165) is 38.3 Å². The van der Waals surface area contributed by atoms with Crippen molar-refractivity contribution in [2.45, 2.75) is 13.5 Å². The van der Waals surface area contributed by atoms with Crippen molar-refractivity contribution in [2.75, 3.05) is 48.7 Å². The molecule has 138 valence electrons. The zero-order valence-electron chi connectivity index (χ0n) is 14.8. The summed E-state index contributed by atoms with van der Waals surface area (Å²) >= 11 is 0. The van der Waals surface area contributed by atoms with Crippen LogP contribution in [0.5, 0.6) is 0 Å². The van der Waals surface area contributed by atoms with Crippen LogP contribution in [0.15, 0.2) is 30.3 Å². The van der Waals surface area contributed by atoms with E-state index in [-0.39, 0.29) is 17.3 Å². The smallest absolute Gasteiger partial charge is 0.353 e. The maximum atomic E-state index is 11.4. The van der Waals surface area contributed by atoms with Crippen LogP contribution in [0.4, 0.5) is 23.3 Å². The molecule has 1 aliphatic heterocycles. The van der Waals surface area contributed by atoms with Crippen LogP contribution in [-0.2, 0) is 6.54 Å². The Hall–Kier alpha value is -2.94. The highest BCUT2D eigenvalue weighted by Crippen LogP contribution is 2.30. The van der Waals surface area contributed by atoms with Crippen LogP contribution < -0.4 is 16.0 Å². The number of piperazine rings is 1. The van der Waals surface area contributed by atoms with Crippen LogP contribution in [0.25, 0.3) is 0 Å². The lowest BCUT2D eigenvalue weighted by atomic mass is 10.2. The van der Waals surface area contributed by atoms with Gasteiger partial charge < -0.3 is 20.9 Å². The number of likely N-dealkylation sites (N-methyl/N-ethyl adjacent to an activating group) is 1. The van der Waals surface area contributed by atoms with Gasteiger partial charge in [-0.2, -0.15) is 9.97 Å². The van der Waals surface area contributed by atoms with Crippen LogP contribution in [0.1, 0.15) is 12.5 Å². The number of nitro groups is 1. The molecule has 1 fully saturated rings. The first-order valence-electron chi connectivity index (χ1n) is 8.65. The van der Waals surface area contributed by atoms with E-state index < -0.39 is 4.92 Å². The summed E-state index contributed by atoms with van der Waals surface area (Å²) in [4.78, 5) is 23.8. The number of nitrogens with zero attached hydrogens (tertiary/aromatic N) is 5. The van der Waals surface area contributed by atoms with Crippen LogP contribution in [-0.4, -0.2) is 52.5 Å². The Morgan fingerprint density at radius 3 is 2.50 bits per heavy atom. The van der Waals surface area contributed by atoms with Crippen LogP contribution in [0, 0.1) is 10.1 Å². The molecule has 0 radical (unpaired) electrons. The minimum absolute atomic E-state index is 0.117. The predicted octanol–water partition coefficient (Wildman–Crippen LogP) is 1.72. The summed E-state index contributed by atoms with van der Waals surface area (Å²) < 4.78 is 0. The van der Waals surface area contributed by atoms with Gasteiger partial charge in [-0.05, 0) is 12.1 Å². The first kappa shape index (κ1) is 17.9. The van der Waals surface area contributed by atoms with Gasteiger partial charge in [-0.25, -0.2) is 0 Å².